The number of aliphatic imine (C=N–C) groups is 1. The minimum absolute atomic E-state index is 0.392. The first-order valence-electron chi connectivity index (χ1n) is 10.1. The molecule has 0 unspecified atom stereocenters. The van der Waals surface area contributed by atoms with E-state index in [9.17, 15) is 0 Å². The van der Waals surface area contributed by atoms with Gasteiger partial charge in [-0.25, -0.2) is 4.99 Å². The third kappa shape index (κ3) is 5.56. The Morgan fingerprint density at radius 3 is 2.41 bits per heavy atom. The van der Waals surface area contributed by atoms with Crippen molar-refractivity contribution < 1.29 is 9.47 Å². The Bertz CT molecular complexity index is 789. The molecule has 1 aromatic carbocycles. The van der Waals surface area contributed by atoms with E-state index in [2.05, 4.69) is 39.7 Å². The maximum Gasteiger partial charge on any atom is 0.191 e. The van der Waals surface area contributed by atoms with Gasteiger partial charge in [0.1, 0.15) is 11.5 Å². The molecule has 0 atom stereocenters. The van der Waals surface area contributed by atoms with Crippen molar-refractivity contribution in [3.05, 3.63) is 36.2 Å². The fraction of sp³-hybridized carbons (Fsp3) is 0.524. The van der Waals surface area contributed by atoms with Crippen molar-refractivity contribution in [1.29, 1.82) is 0 Å². The van der Waals surface area contributed by atoms with Gasteiger partial charge in [-0.05, 0) is 25.8 Å². The van der Waals surface area contributed by atoms with Gasteiger partial charge in [-0.2, -0.15) is 5.10 Å². The summed E-state index contributed by atoms with van der Waals surface area (Å²) < 4.78 is 12.7. The molecule has 0 amide bonds. The quantitative estimate of drug-likeness (QED) is 0.548. The third-order valence-corrected chi connectivity index (χ3v) is 5.20. The van der Waals surface area contributed by atoms with Crippen LogP contribution in [0.4, 0.5) is 5.69 Å². The van der Waals surface area contributed by atoms with Gasteiger partial charge in [0.2, 0.25) is 0 Å². The van der Waals surface area contributed by atoms with Crippen LogP contribution in [0.1, 0.15) is 25.5 Å². The first-order chi connectivity index (χ1) is 14.1. The van der Waals surface area contributed by atoms with Gasteiger partial charge in [-0.3, -0.25) is 4.68 Å². The fourth-order valence-electron chi connectivity index (χ4n) is 3.49. The summed E-state index contributed by atoms with van der Waals surface area (Å²) in [6, 6.07) is 8.42. The molecule has 8 heteroatoms. The van der Waals surface area contributed by atoms with Crippen LogP contribution >= 0.6 is 0 Å². The number of rotatable bonds is 7. The molecule has 3 rings (SSSR count). The molecule has 2 N–H and O–H groups in total. The molecule has 1 aliphatic rings. The van der Waals surface area contributed by atoms with Crippen LogP contribution in [-0.4, -0.2) is 55.6 Å². The van der Waals surface area contributed by atoms with Crippen LogP contribution in [0.25, 0.3) is 0 Å². The van der Waals surface area contributed by atoms with Crippen molar-refractivity contribution in [3.63, 3.8) is 0 Å². The van der Waals surface area contributed by atoms with Gasteiger partial charge in [-0.15, -0.1) is 0 Å². The number of aromatic nitrogens is 2. The van der Waals surface area contributed by atoms with Crippen molar-refractivity contribution in [3.8, 4) is 11.5 Å². The van der Waals surface area contributed by atoms with Gasteiger partial charge >= 0.3 is 0 Å². The zero-order valence-corrected chi connectivity index (χ0v) is 17.8. The van der Waals surface area contributed by atoms with Crippen LogP contribution in [0.5, 0.6) is 11.5 Å². The number of piperidine rings is 1. The van der Waals surface area contributed by atoms with E-state index in [-0.39, 0.29) is 0 Å². The molecule has 0 bridgehead atoms. The summed E-state index contributed by atoms with van der Waals surface area (Å²) in [5.41, 5.74) is 2.22. The van der Waals surface area contributed by atoms with Gasteiger partial charge < -0.3 is 25.0 Å². The highest BCUT2D eigenvalue weighted by Gasteiger charge is 2.21. The van der Waals surface area contributed by atoms with E-state index in [1.54, 1.807) is 20.4 Å². The molecular weight excluding hydrogens is 368 g/mol. The van der Waals surface area contributed by atoms with Crippen molar-refractivity contribution in [2.24, 2.45) is 12.0 Å². The van der Waals surface area contributed by atoms with E-state index in [0.29, 0.717) is 12.6 Å². The SMILES string of the molecule is CCNC(=NCc1ccnn1C)NC1CCN(c2cc(OC)cc(OC)c2)CC1. The summed E-state index contributed by atoms with van der Waals surface area (Å²) >= 11 is 0. The van der Waals surface area contributed by atoms with Crippen molar-refractivity contribution >= 4 is 11.6 Å². The third-order valence-electron chi connectivity index (χ3n) is 5.20. The topological polar surface area (TPSA) is 75.9 Å². The average Bonchev–Trinajstić information content (AvgIpc) is 3.17. The second kappa shape index (κ2) is 10.0. The van der Waals surface area contributed by atoms with Gasteiger partial charge in [0.05, 0.1) is 26.5 Å². The molecule has 0 aliphatic carbocycles. The number of methoxy groups -OCH3 is 2. The highest BCUT2D eigenvalue weighted by Crippen LogP contribution is 2.30. The lowest BCUT2D eigenvalue weighted by atomic mass is 10.0. The molecule has 29 heavy (non-hydrogen) atoms. The maximum atomic E-state index is 5.41. The average molecular weight is 401 g/mol. The van der Waals surface area contributed by atoms with Gasteiger partial charge in [0, 0.05) is 62.8 Å². The smallest absolute Gasteiger partial charge is 0.191 e. The number of hydrogen-bond acceptors (Lipinski definition) is 5. The molecule has 2 aromatic rings. The molecule has 1 fully saturated rings. The summed E-state index contributed by atoms with van der Waals surface area (Å²) in [4.78, 5) is 7.10. The van der Waals surface area contributed by atoms with Gasteiger partial charge in [0.15, 0.2) is 5.96 Å². The van der Waals surface area contributed by atoms with Crippen LogP contribution in [-0.2, 0) is 13.6 Å². The lowest BCUT2D eigenvalue weighted by molar-refractivity contribution is 0.393. The number of nitrogens with one attached hydrogen (secondary N) is 2. The van der Waals surface area contributed by atoms with Gasteiger partial charge in [0.25, 0.3) is 0 Å². The second-order valence-electron chi connectivity index (χ2n) is 7.12. The molecule has 0 radical (unpaired) electrons. The van der Waals surface area contributed by atoms with E-state index >= 15 is 0 Å². The Hall–Kier alpha value is -2.90. The zero-order chi connectivity index (χ0) is 20.6. The fourth-order valence-corrected chi connectivity index (χ4v) is 3.49. The van der Waals surface area contributed by atoms with Crippen LogP contribution in [0, 0.1) is 0 Å². The number of guanidine groups is 1. The molecular formula is C21H32N6O2. The molecule has 2 heterocycles. The minimum atomic E-state index is 0.392. The lowest BCUT2D eigenvalue weighted by Crippen LogP contribution is -2.48. The van der Waals surface area contributed by atoms with E-state index in [1.165, 1.54) is 0 Å². The monoisotopic (exact) mass is 400 g/mol. The second-order valence-corrected chi connectivity index (χ2v) is 7.12. The first kappa shape index (κ1) is 20.8. The normalized spacial score (nSPS) is 15.3. The Labute approximate surface area is 172 Å². The van der Waals surface area contributed by atoms with Crippen LogP contribution in [0.15, 0.2) is 35.5 Å². The summed E-state index contributed by atoms with van der Waals surface area (Å²) in [7, 11) is 5.30. The largest absolute Gasteiger partial charge is 0.497 e. The molecule has 1 aromatic heterocycles. The van der Waals surface area contributed by atoms with E-state index < -0.39 is 0 Å². The highest BCUT2D eigenvalue weighted by atomic mass is 16.5. The molecule has 0 saturated carbocycles. The highest BCUT2D eigenvalue weighted by molar-refractivity contribution is 5.80. The number of ether oxygens (including phenoxy) is 2. The number of nitrogens with zero attached hydrogens (tertiary/aromatic N) is 4. The Balaban J connectivity index is 1.58. The predicted octanol–water partition coefficient (Wildman–Crippen LogP) is 2.16. The lowest BCUT2D eigenvalue weighted by Gasteiger charge is -2.34. The van der Waals surface area contributed by atoms with Crippen LogP contribution in [0.2, 0.25) is 0 Å². The van der Waals surface area contributed by atoms with Crippen LogP contribution < -0.4 is 25.0 Å². The summed E-state index contributed by atoms with van der Waals surface area (Å²) in [5.74, 6) is 2.49. The number of aryl methyl sites for hydroxylation is 1. The standard InChI is InChI=1S/C21H32N6O2/c1-5-22-21(23-15-17-6-9-24-26(17)2)25-16-7-10-27(11-8-16)18-12-19(28-3)14-20(13-18)29-4/h6,9,12-14,16H,5,7-8,10-11,15H2,1-4H3,(H2,22,23,25). The maximum absolute atomic E-state index is 5.41. The zero-order valence-electron chi connectivity index (χ0n) is 17.8. The van der Waals surface area contributed by atoms with Crippen molar-refractivity contribution in [1.82, 2.24) is 20.4 Å². The first-order valence-corrected chi connectivity index (χ1v) is 10.1. The summed E-state index contributed by atoms with van der Waals surface area (Å²) in [6.07, 6.45) is 3.87. The van der Waals surface area contributed by atoms with Crippen molar-refractivity contribution in [2.45, 2.75) is 32.4 Å². The number of benzene rings is 1. The number of anilines is 1. The molecule has 1 saturated heterocycles. The molecule has 8 nitrogen and oxygen atoms in total. The molecule has 158 valence electrons. The Kier molecular flexibility index (Phi) is 7.21. The summed E-state index contributed by atoms with van der Waals surface area (Å²) in [5, 5.41) is 11.1. The molecule has 1 aliphatic heterocycles. The Morgan fingerprint density at radius 1 is 1.17 bits per heavy atom. The van der Waals surface area contributed by atoms with Crippen LogP contribution in [0.3, 0.4) is 0 Å². The Morgan fingerprint density at radius 2 is 1.86 bits per heavy atom. The van der Waals surface area contributed by atoms with Gasteiger partial charge in [-0.1, -0.05) is 0 Å². The van der Waals surface area contributed by atoms with E-state index in [4.69, 9.17) is 14.5 Å². The van der Waals surface area contributed by atoms with E-state index in [1.807, 2.05) is 23.9 Å². The minimum Gasteiger partial charge on any atom is -0.497 e. The van der Waals surface area contributed by atoms with Crippen molar-refractivity contribution in [2.75, 3.05) is 38.8 Å². The predicted molar refractivity (Wildman–Crippen MR) is 116 cm³/mol. The molecule has 0 spiro atoms. The number of hydrogen-bond donors (Lipinski definition) is 2. The summed E-state index contributed by atoms with van der Waals surface area (Å²) in [6.45, 7) is 5.46. The van der Waals surface area contributed by atoms with E-state index in [0.717, 1.165) is 61.3 Å².